The van der Waals surface area contributed by atoms with Crippen LogP contribution in [0.5, 0.6) is 0 Å². The summed E-state index contributed by atoms with van der Waals surface area (Å²) in [5.41, 5.74) is -1.06. The van der Waals surface area contributed by atoms with E-state index in [2.05, 4.69) is 22.3 Å². The van der Waals surface area contributed by atoms with Gasteiger partial charge in [-0.3, -0.25) is 20.0 Å². The minimum Gasteiger partial charge on any atom is -0.858 e. The van der Waals surface area contributed by atoms with E-state index < -0.39 is 23.7 Å². The first-order chi connectivity index (χ1) is 20.5. The third-order valence-electron chi connectivity index (χ3n) is 6.53. The normalized spacial score (nSPS) is 15.1. The summed E-state index contributed by atoms with van der Waals surface area (Å²) in [7, 11) is 0. The van der Waals surface area contributed by atoms with Crippen LogP contribution in [0.15, 0.2) is 65.6 Å². The predicted octanol–water partition coefficient (Wildman–Crippen LogP) is 2.81. The van der Waals surface area contributed by atoms with Crippen LogP contribution in [0.3, 0.4) is 0 Å². The summed E-state index contributed by atoms with van der Waals surface area (Å²) in [6.45, 7) is 8.13. The van der Waals surface area contributed by atoms with Crippen molar-refractivity contribution in [2.45, 2.75) is 32.5 Å². The Morgan fingerprint density at radius 2 is 1.91 bits per heavy atom. The molecule has 1 aliphatic rings. The molecule has 1 aliphatic heterocycles. The topological polar surface area (TPSA) is 144 Å². The summed E-state index contributed by atoms with van der Waals surface area (Å²) < 4.78 is 47.2. The van der Waals surface area contributed by atoms with Crippen molar-refractivity contribution in [1.29, 1.82) is 0 Å². The number of piperidine rings is 1. The Hall–Kier alpha value is -4.43. The number of anilines is 1. The summed E-state index contributed by atoms with van der Waals surface area (Å²) in [4.78, 5) is 34.9. The lowest BCUT2D eigenvalue weighted by Crippen LogP contribution is -2.39. The number of nitrogens with two attached hydrogens (primary N) is 1. The van der Waals surface area contributed by atoms with Gasteiger partial charge in [0.15, 0.2) is 6.54 Å². The molecular formula is C29H35F3N6O5. The third-order valence-corrected chi connectivity index (χ3v) is 6.53. The zero-order valence-corrected chi connectivity index (χ0v) is 23.7. The fourth-order valence-electron chi connectivity index (χ4n) is 4.46. The Balaban J connectivity index is 1.61. The van der Waals surface area contributed by atoms with Crippen LogP contribution in [0.2, 0.25) is 0 Å². The number of ether oxygens (including phenoxy) is 1. The van der Waals surface area contributed by atoms with Gasteiger partial charge in [-0.15, -0.1) is 0 Å². The van der Waals surface area contributed by atoms with E-state index >= 15 is 0 Å². The molecule has 0 unspecified atom stereocenters. The lowest BCUT2D eigenvalue weighted by Gasteiger charge is -2.29. The molecule has 0 spiro atoms. The van der Waals surface area contributed by atoms with Crippen molar-refractivity contribution < 1.29 is 42.0 Å². The summed E-state index contributed by atoms with van der Waals surface area (Å²) in [6, 6.07) is 10.3. The molecule has 0 bridgehead atoms. The van der Waals surface area contributed by atoms with Crippen LogP contribution >= 0.6 is 0 Å². The van der Waals surface area contributed by atoms with Crippen LogP contribution in [0.1, 0.15) is 36.5 Å². The minimum atomic E-state index is -4.78. The standard InChI is InChI=1S/C29H35F3N6O5/c1-3-42-26(39)19-38-11-9-21(10-12-38)17-37(2)18-25(43-33)36-28(41)35-24-14-22(13-23(15-24)29(30,31)32)27(40)34-16-20-7-5-4-6-8-20/h4-8,13-15,18,21H,2-3,9-12,16-17,19,33H2,1H3,(H2-,34,35,36,40,41)/b25-18-. The molecule has 14 heteroatoms. The number of carbonyl (C=O) groups excluding carboxylic acids is 2. The van der Waals surface area contributed by atoms with E-state index in [1.165, 1.54) is 10.8 Å². The largest absolute Gasteiger partial charge is 0.858 e. The zero-order valence-electron chi connectivity index (χ0n) is 23.7. The number of amides is 2. The minimum absolute atomic E-state index is 0.0184. The van der Waals surface area contributed by atoms with Gasteiger partial charge in [0.2, 0.25) is 6.20 Å². The maximum absolute atomic E-state index is 13.6. The molecule has 1 saturated heterocycles. The van der Waals surface area contributed by atoms with Crippen LogP contribution in [0.4, 0.5) is 23.7 Å². The number of nitrogens with zero attached hydrogens (tertiary/aromatic N) is 3. The average molecular weight is 605 g/mol. The van der Waals surface area contributed by atoms with Crippen molar-refractivity contribution in [1.82, 2.24) is 10.2 Å². The van der Waals surface area contributed by atoms with Gasteiger partial charge in [-0.05, 0) is 68.1 Å². The van der Waals surface area contributed by atoms with Gasteiger partial charge < -0.3 is 20.0 Å². The number of benzene rings is 2. The smallest absolute Gasteiger partial charge is 0.416 e. The van der Waals surface area contributed by atoms with Crippen LogP contribution in [0, 0.1) is 5.92 Å². The van der Waals surface area contributed by atoms with E-state index in [1.54, 1.807) is 37.3 Å². The molecule has 43 heavy (non-hydrogen) atoms. The molecule has 1 heterocycles. The number of hydrogen-bond acceptors (Lipinski definition) is 8. The highest BCUT2D eigenvalue weighted by molar-refractivity contribution is 5.95. The van der Waals surface area contributed by atoms with Gasteiger partial charge in [-0.25, -0.2) is 9.37 Å². The van der Waals surface area contributed by atoms with Gasteiger partial charge in [-0.2, -0.15) is 19.1 Å². The third kappa shape index (κ3) is 11.1. The molecule has 0 atom stereocenters. The first kappa shape index (κ1) is 33.1. The second kappa shape index (κ2) is 15.7. The van der Waals surface area contributed by atoms with Crippen LogP contribution in [-0.2, 0) is 27.1 Å². The monoisotopic (exact) mass is 604 g/mol. The van der Waals surface area contributed by atoms with Crippen molar-refractivity contribution in [2.75, 3.05) is 38.1 Å². The highest BCUT2D eigenvalue weighted by Gasteiger charge is 2.31. The second-order valence-electron chi connectivity index (χ2n) is 9.89. The molecule has 0 aromatic heterocycles. The number of likely N-dealkylation sites (tertiary alicyclic amines) is 1. The molecule has 0 radical (unpaired) electrons. The van der Waals surface area contributed by atoms with Crippen molar-refractivity contribution >= 4 is 30.3 Å². The van der Waals surface area contributed by atoms with Crippen molar-refractivity contribution in [2.24, 2.45) is 16.8 Å². The lowest BCUT2D eigenvalue weighted by atomic mass is 9.96. The summed E-state index contributed by atoms with van der Waals surface area (Å²) in [5.74, 6) is 4.19. The Bertz CT molecular complexity index is 1330. The Morgan fingerprint density at radius 3 is 2.53 bits per heavy atom. The van der Waals surface area contributed by atoms with Gasteiger partial charge in [0.1, 0.15) is 6.72 Å². The Morgan fingerprint density at radius 1 is 1.21 bits per heavy atom. The molecule has 11 nitrogen and oxygen atoms in total. The molecule has 232 valence electrons. The molecule has 1 fully saturated rings. The van der Waals surface area contributed by atoms with Crippen LogP contribution in [-0.4, -0.2) is 66.9 Å². The maximum Gasteiger partial charge on any atom is 0.416 e. The van der Waals surface area contributed by atoms with Gasteiger partial charge in [0.05, 0.1) is 25.3 Å². The molecular weight excluding hydrogens is 569 g/mol. The Labute approximate surface area is 247 Å². The average Bonchev–Trinajstić information content (AvgIpc) is 2.96. The first-order valence-corrected chi connectivity index (χ1v) is 13.6. The van der Waals surface area contributed by atoms with Gasteiger partial charge in [0.25, 0.3) is 5.88 Å². The van der Waals surface area contributed by atoms with E-state index in [9.17, 15) is 27.9 Å². The molecule has 3 rings (SSSR count). The second-order valence-corrected chi connectivity index (χ2v) is 9.89. The lowest BCUT2D eigenvalue weighted by molar-refractivity contribution is -0.460. The van der Waals surface area contributed by atoms with E-state index in [1.807, 2.05) is 4.90 Å². The van der Waals surface area contributed by atoms with Crippen molar-refractivity contribution in [3.05, 3.63) is 77.3 Å². The SMILES string of the molecule is C=[N+](/C=C(/NC(=O)Nc1cc(C([O-])=NCc2ccccc2)cc(C(F)(F)F)c1)ON)CC1CCN(CC(=O)OCC)CC1. The number of urea groups is 1. The fourth-order valence-corrected chi connectivity index (χ4v) is 4.46. The van der Waals surface area contributed by atoms with Gasteiger partial charge in [0, 0.05) is 11.6 Å². The van der Waals surface area contributed by atoms with Gasteiger partial charge in [-0.1, -0.05) is 30.3 Å². The quantitative estimate of drug-likeness (QED) is 0.0844. The summed E-state index contributed by atoms with van der Waals surface area (Å²) in [5, 5.41) is 17.2. The summed E-state index contributed by atoms with van der Waals surface area (Å²) in [6.07, 6.45) is -1.83. The number of esters is 1. The fraction of sp³-hybridized carbons (Fsp3) is 0.379. The number of halogens is 3. The molecule has 2 aromatic rings. The Kier molecular flexibility index (Phi) is 12.1. The number of hydrogen-bond donors (Lipinski definition) is 3. The highest BCUT2D eigenvalue weighted by atomic mass is 19.4. The number of rotatable bonds is 12. The summed E-state index contributed by atoms with van der Waals surface area (Å²) >= 11 is 0. The van der Waals surface area contributed by atoms with Gasteiger partial charge >= 0.3 is 18.2 Å². The maximum atomic E-state index is 13.6. The number of alkyl halides is 3. The van der Waals surface area contributed by atoms with Crippen molar-refractivity contribution in [3.8, 4) is 0 Å². The number of aliphatic imine (C=N–C) groups is 1. The number of carbonyl (C=O) groups is 2. The van der Waals surface area contributed by atoms with E-state index in [0.29, 0.717) is 43.9 Å². The van der Waals surface area contributed by atoms with E-state index in [0.717, 1.165) is 18.9 Å². The predicted molar refractivity (Wildman–Crippen MR) is 152 cm³/mol. The van der Waals surface area contributed by atoms with E-state index in [4.69, 9.17) is 15.5 Å². The number of nitrogens with one attached hydrogen (secondary N) is 2. The highest BCUT2D eigenvalue weighted by Crippen LogP contribution is 2.32. The first-order valence-electron chi connectivity index (χ1n) is 13.6. The molecule has 0 saturated carbocycles. The molecule has 2 aromatic carbocycles. The molecule has 4 N–H and O–H groups in total. The van der Waals surface area contributed by atoms with Crippen LogP contribution in [0.25, 0.3) is 0 Å². The van der Waals surface area contributed by atoms with Crippen LogP contribution < -0.4 is 21.6 Å². The zero-order chi connectivity index (χ0) is 31.4. The molecule has 2 amide bonds. The van der Waals surface area contributed by atoms with E-state index in [-0.39, 0.29) is 42.1 Å². The van der Waals surface area contributed by atoms with Crippen molar-refractivity contribution in [3.63, 3.8) is 0 Å². The molecule has 0 aliphatic carbocycles.